The van der Waals surface area contributed by atoms with E-state index < -0.39 is 5.91 Å². The SMILES string of the molecule is Cc1ccc(CO[C@H]2CCC[C@H]2c2ncccc2C(N)=O)cc1C. The van der Waals surface area contributed by atoms with E-state index in [0.29, 0.717) is 12.2 Å². The minimum Gasteiger partial charge on any atom is -0.373 e. The molecule has 1 amide bonds. The fourth-order valence-electron chi connectivity index (χ4n) is 3.46. The molecule has 0 unspecified atom stereocenters. The van der Waals surface area contributed by atoms with Crippen LogP contribution in [0.1, 0.15) is 57.9 Å². The van der Waals surface area contributed by atoms with E-state index in [-0.39, 0.29) is 12.0 Å². The van der Waals surface area contributed by atoms with E-state index in [9.17, 15) is 4.79 Å². The zero-order valence-corrected chi connectivity index (χ0v) is 14.3. The van der Waals surface area contributed by atoms with Crippen LogP contribution in [0.3, 0.4) is 0 Å². The Morgan fingerprint density at radius 2 is 2.08 bits per heavy atom. The van der Waals surface area contributed by atoms with Crippen LogP contribution in [-0.2, 0) is 11.3 Å². The summed E-state index contributed by atoms with van der Waals surface area (Å²) in [7, 11) is 0. The highest BCUT2D eigenvalue weighted by atomic mass is 16.5. The van der Waals surface area contributed by atoms with E-state index in [1.165, 1.54) is 16.7 Å². The molecule has 3 rings (SSSR count). The average molecular weight is 324 g/mol. The van der Waals surface area contributed by atoms with Gasteiger partial charge in [0.05, 0.1) is 24.0 Å². The number of pyridine rings is 1. The maximum atomic E-state index is 11.7. The Balaban J connectivity index is 1.74. The van der Waals surface area contributed by atoms with Gasteiger partial charge in [0.15, 0.2) is 0 Å². The number of nitrogens with zero attached hydrogens (tertiary/aromatic N) is 1. The van der Waals surface area contributed by atoms with Crippen molar-refractivity contribution in [2.45, 2.75) is 51.7 Å². The molecule has 1 aromatic carbocycles. The second-order valence-corrected chi connectivity index (χ2v) is 6.61. The van der Waals surface area contributed by atoms with Crippen LogP contribution in [0.2, 0.25) is 0 Å². The third-order valence-corrected chi connectivity index (χ3v) is 4.94. The molecule has 0 spiro atoms. The molecule has 126 valence electrons. The average Bonchev–Trinajstić information content (AvgIpc) is 3.04. The van der Waals surface area contributed by atoms with Crippen LogP contribution in [-0.4, -0.2) is 17.0 Å². The molecule has 0 aliphatic heterocycles. The Hall–Kier alpha value is -2.20. The number of aromatic nitrogens is 1. The Kier molecular flexibility index (Phi) is 4.95. The Morgan fingerprint density at radius 1 is 1.25 bits per heavy atom. The highest BCUT2D eigenvalue weighted by molar-refractivity contribution is 5.94. The van der Waals surface area contributed by atoms with Gasteiger partial charge in [-0.25, -0.2) is 0 Å². The lowest BCUT2D eigenvalue weighted by molar-refractivity contribution is 0.0333. The first-order valence-electron chi connectivity index (χ1n) is 8.48. The number of hydrogen-bond acceptors (Lipinski definition) is 3. The summed E-state index contributed by atoms with van der Waals surface area (Å²) in [4.78, 5) is 16.1. The van der Waals surface area contributed by atoms with Gasteiger partial charge in [0, 0.05) is 12.1 Å². The predicted octanol–water partition coefficient (Wildman–Crippen LogP) is 3.65. The summed E-state index contributed by atoms with van der Waals surface area (Å²) in [6, 6.07) is 9.92. The van der Waals surface area contributed by atoms with Gasteiger partial charge in [-0.1, -0.05) is 24.6 Å². The first-order valence-corrected chi connectivity index (χ1v) is 8.48. The quantitative estimate of drug-likeness (QED) is 0.913. The van der Waals surface area contributed by atoms with Gasteiger partial charge in [-0.3, -0.25) is 9.78 Å². The zero-order chi connectivity index (χ0) is 17.1. The summed E-state index contributed by atoms with van der Waals surface area (Å²) in [6.45, 7) is 4.81. The fraction of sp³-hybridized carbons (Fsp3) is 0.400. The molecule has 1 saturated carbocycles. The smallest absolute Gasteiger partial charge is 0.250 e. The van der Waals surface area contributed by atoms with E-state index >= 15 is 0 Å². The van der Waals surface area contributed by atoms with E-state index in [1.54, 1.807) is 18.3 Å². The minimum absolute atomic E-state index is 0.0830. The molecule has 1 aromatic heterocycles. The van der Waals surface area contributed by atoms with Crippen molar-refractivity contribution in [3.63, 3.8) is 0 Å². The number of nitrogens with two attached hydrogens (primary N) is 1. The maximum Gasteiger partial charge on any atom is 0.250 e. The van der Waals surface area contributed by atoms with Crippen molar-refractivity contribution < 1.29 is 9.53 Å². The fourth-order valence-corrected chi connectivity index (χ4v) is 3.46. The first kappa shape index (κ1) is 16.7. The van der Waals surface area contributed by atoms with E-state index in [2.05, 4.69) is 37.0 Å². The molecule has 2 atom stereocenters. The van der Waals surface area contributed by atoms with Crippen molar-refractivity contribution in [1.29, 1.82) is 0 Å². The minimum atomic E-state index is -0.419. The van der Waals surface area contributed by atoms with Gasteiger partial charge in [0.1, 0.15) is 0 Å². The maximum absolute atomic E-state index is 11.7. The van der Waals surface area contributed by atoms with Crippen LogP contribution < -0.4 is 5.73 Å². The zero-order valence-electron chi connectivity index (χ0n) is 14.3. The molecular formula is C20H24N2O2. The molecule has 2 aromatic rings. The van der Waals surface area contributed by atoms with Crippen LogP contribution in [0, 0.1) is 13.8 Å². The van der Waals surface area contributed by atoms with Crippen LogP contribution in [0.15, 0.2) is 36.5 Å². The van der Waals surface area contributed by atoms with Gasteiger partial charge in [-0.05, 0) is 55.5 Å². The third-order valence-electron chi connectivity index (χ3n) is 4.94. The van der Waals surface area contributed by atoms with E-state index in [4.69, 9.17) is 10.5 Å². The molecule has 1 fully saturated rings. The molecule has 2 N–H and O–H groups in total. The number of benzene rings is 1. The van der Waals surface area contributed by atoms with E-state index in [1.807, 2.05) is 0 Å². The second-order valence-electron chi connectivity index (χ2n) is 6.61. The van der Waals surface area contributed by atoms with Crippen LogP contribution in [0.4, 0.5) is 0 Å². The molecular weight excluding hydrogens is 300 g/mol. The molecule has 1 aliphatic carbocycles. The molecule has 0 radical (unpaired) electrons. The summed E-state index contributed by atoms with van der Waals surface area (Å²) < 4.78 is 6.19. The van der Waals surface area contributed by atoms with Crippen molar-refractivity contribution >= 4 is 5.91 Å². The van der Waals surface area contributed by atoms with Crippen molar-refractivity contribution in [3.05, 3.63) is 64.5 Å². The van der Waals surface area contributed by atoms with Gasteiger partial charge < -0.3 is 10.5 Å². The van der Waals surface area contributed by atoms with Gasteiger partial charge in [-0.15, -0.1) is 0 Å². The Morgan fingerprint density at radius 3 is 2.83 bits per heavy atom. The molecule has 0 bridgehead atoms. The normalized spacial score (nSPS) is 20.2. The summed E-state index contributed by atoms with van der Waals surface area (Å²) in [6.07, 6.45) is 4.86. The monoisotopic (exact) mass is 324 g/mol. The molecule has 4 heteroatoms. The van der Waals surface area contributed by atoms with Gasteiger partial charge in [0.2, 0.25) is 0 Å². The van der Waals surface area contributed by atoms with Crippen LogP contribution in [0.25, 0.3) is 0 Å². The third kappa shape index (κ3) is 3.49. The molecule has 24 heavy (non-hydrogen) atoms. The number of rotatable bonds is 5. The number of primary amides is 1. The van der Waals surface area contributed by atoms with Crippen LogP contribution >= 0.6 is 0 Å². The highest BCUT2D eigenvalue weighted by Crippen LogP contribution is 2.37. The lowest BCUT2D eigenvalue weighted by atomic mass is 9.96. The summed E-state index contributed by atoms with van der Waals surface area (Å²) >= 11 is 0. The van der Waals surface area contributed by atoms with Crippen molar-refractivity contribution in [2.24, 2.45) is 5.73 Å². The number of ether oxygens (including phenoxy) is 1. The van der Waals surface area contributed by atoms with Crippen LogP contribution in [0.5, 0.6) is 0 Å². The van der Waals surface area contributed by atoms with Crippen molar-refractivity contribution in [3.8, 4) is 0 Å². The largest absolute Gasteiger partial charge is 0.373 e. The standard InChI is InChI=1S/C20H24N2O2/c1-13-8-9-15(11-14(13)2)12-24-18-7-3-5-16(18)19-17(20(21)23)6-4-10-22-19/h4,6,8-11,16,18H,3,5,7,12H2,1-2H3,(H2,21,23)/t16-,18+/m1/s1. The molecule has 1 heterocycles. The predicted molar refractivity (Wildman–Crippen MR) is 93.8 cm³/mol. The molecule has 1 aliphatic rings. The first-order chi connectivity index (χ1) is 11.6. The van der Waals surface area contributed by atoms with Gasteiger partial charge >= 0.3 is 0 Å². The van der Waals surface area contributed by atoms with Gasteiger partial charge in [0.25, 0.3) is 5.91 Å². The Labute approximate surface area is 143 Å². The number of carbonyl (C=O) groups excluding carboxylic acids is 1. The number of hydrogen-bond donors (Lipinski definition) is 1. The number of amides is 1. The molecule has 4 nitrogen and oxygen atoms in total. The Bertz CT molecular complexity index is 742. The summed E-state index contributed by atoms with van der Waals surface area (Å²) in [5, 5.41) is 0. The lowest BCUT2D eigenvalue weighted by Gasteiger charge is -2.21. The molecule has 0 saturated heterocycles. The van der Waals surface area contributed by atoms with E-state index in [0.717, 1.165) is 25.0 Å². The highest BCUT2D eigenvalue weighted by Gasteiger charge is 2.32. The summed E-state index contributed by atoms with van der Waals surface area (Å²) in [5.74, 6) is -0.279. The van der Waals surface area contributed by atoms with Gasteiger partial charge in [-0.2, -0.15) is 0 Å². The number of carbonyl (C=O) groups is 1. The van der Waals surface area contributed by atoms with Crippen molar-refractivity contribution in [1.82, 2.24) is 4.98 Å². The number of aryl methyl sites for hydroxylation is 2. The summed E-state index contributed by atoms with van der Waals surface area (Å²) in [5.41, 5.74) is 10.6. The van der Waals surface area contributed by atoms with Crippen molar-refractivity contribution in [2.75, 3.05) is 0 Å². The lowest BCUT2D eigenvalue weighted by Crippen LogP contribution is -2.22. The topological polar surface area (TPSA) is 65.2 Å². The second kappa shape index (κ2) is 7.14.